The van der Waals surface area contributed by atoms with Gasteiger partial charge in [-0.2, -0.15) is 0 Å². The molecule has 120 valence electrons. The Labute approximate surface area is 129 Å². The molecule has 1 aliphatic rings. The van der Waals surface area contributed by atoms with Crippen LogP contribution in [0.15, 0.2) is 24.3 Å². The second kappa shape index (κ2) is 7.79. The van der Waals surface area contributed by atoms with Gasteiger partial charge in [-0.3, -0.25) is 4.79 Å². The molecule has 2 atom stereocenters. The summed E-state index contributed by atoms with van der Waals surface area (Å²) in [4.78, 5) is 22.9. The number of carbonyl (C=O) groups excluding carboxylic acids is 1. The normalized spacial score (nSPS) is 18.7. The Hall–Kier alpha value is -2.08. The van der Waals surface area contributed by atoms with Crippen molar-refractivity contribution in [1.29, 1.82) is 0 Å². The minimum atomic E-state index is -1.03. The number of carboxylic acid groups (broad SMARTS) is 1. The average Bonchev–Trinajstić information content (AvgIpc) is 3.04. The first-order valence-electron chi connectivity index (χ1n) is 7.48. The molecular weight excluding hydrogens is 286 g/mol. The van der Waals surface area contributed by atoms with Crippen molar-refractivity contribution in [2.45, 2.75) is 38.3 Å². The third kappa shape index (κ3) is 4.46. The topological polar surface area (TPSA) is 84.9 Å². The molecule has 0 unspecified atom stereocenters. The number of amides is 1. The molecule has 1 aromatic rings. The minimum absolute atomic E-state index is 0.142. The Morgan fingerprint density at radius 2 is 2.14 bits per heavy atom. The summed E-state index contributed by atoms with van der Waals surface area (Å²) in [6.45, 7) is 3.00. The van der Waals surface area contributed by atoms with Crippen molar-refractivity contribution in [2.75, 3.05) is 13.2 Å². The molecule has 0 bridgehead atoms. The zero-order chi connectivity index (χ0) is 15.9. The number of carbonyl (C=O) groups is 2. The molecule has 6 heteroatoms. The first-order chi connectivity index (χ1) is 10.6. The van der Waals surface area contributed by atoms with Crippen molar-refractivity contribution >= 4 is 11.9 Å². The van der Waals surface area contributed by atoms with Crippen LogP contribution >= 0.6 is 0 Å². The largest absolute Gasteiger partial charge is 0.491 e. The summed E-state index contributed by atoms with van der Waals surface area (Å²) >= 11 is 0. The molecule has 1 amide bonds. The van der Waals surface area contributed by atoms with Crippen molar-refractivity contribution in [3.05, 3.63) is 29.8 Å². The van der Waals surface area contributed by atoms with Gasteiger partial charge in [0.2, 0.25) is 0 Å². The summed E-state index contributed by atoms with van der Waals surface area (Å²) in [5.41, 5.74) is 0.407. The van der Waals surface area contributed by atoms with Gasteiger partial charge in [-0.05, 0) is 43.5 Å². The van der Waals surface area contributed by atoms with E-state index >= 15 is 0 Å². The van der Waals surface area contributed by atoms with E-state index in [2.05, 4.69) is 5.32 Å². The maximum atomic E-state index is 12.0. The maximum absolute atomic E-state index is 12.0. The number of hydrogen-bond donors (Lipinski definition) is 2. The smallest absolute Gasteiger partial charge is 0.326 e. The summed E-state index contributed by atoms with van der Waals surface area (Å²) in [5, 5.41) is 11.4. The standard InChI is InChI=1S/C16H21NO5/c1-2-14(16(19)20)17-15(18)11-5-7-12(8-6-11)22-10-13-4-3-9-21-13/h5-8,13-14H,2-4,9-10H2,1H3,(H,17,18)(H,19,20)/t13-,14+/m0/s1. The van der Waals surface area contributed by atoms with E-state index in [-0.39, 0.29) is 6.10 Å². The number of aliphatic carboxylic acids is 1. The fraction of sp³-hybridized carbons (Fsp3) is 0.500. The van der Waals surface area contributed by atoms with E-state index in [0.717, 1.165) is 19.4 Å². The van der Waals surface area contributed by atoms with Gasteiger partial charge in [0.15, 0.2) is 0 Å². The Kier molecular flexibility index (Phi) is 5.77. The number of rotatable bonds is 7. The number of benzene rings is 1. The Balaban J connectivity index is 1.87. The molecule has 2 N–H and O–H groups in total. The zero-order valence-corrected chi connectivity index (χ0v) is 12.6. The molecule has 1 saturated heterocycles. The van der Waals surface area contributed by atoms with E-state index in [9.17, 15) is 9.59 Å². The zero-order valence-electron chi connectivity index (χ0n) is 12.6. The van der Waals surface area contributed by atoms with Gasteiger partial charge in [-0.15, -0.1) is 0 Å². The Morgan fingerprint density at radius 1 is 1.41 bits per heavy atom. The van der Waals surface area contributed by atoms with Crippen molar-refractivity contribution in [3.63, 3.8) is 0 Å². The van der Waals surface area contributed by atoms with E-state index < -0.39 is 17.9 Å². The van der Waals surface area contributed by atoms with Crippen LogP contribution in [0.1, 0.15) is 36.5 Å². The van der Waals surface area contributed by atoms with Gasteiger partial charge in [-0.25, -0.2) is 4.79 Å². The molecule has 0 radical (unpaired) electrons. The second-order valence-corrected chi connectivity index (χ2v) is 5.24. The number of hydrogen-bond acceptors (Lipinski definition) is 4. The molecule has 2 rings (SSSR count). The van der Waals surface area contributed by atoms with E-state index in [1.807, 2.05) is 0 Å². The Morgan fingerprint density at radius 3 is 2.68 bits per heavy atom. The predicted octanol–water partition coefficient (Wildman–Crippen LogP) is 1.84. The SMILES string of the molecule is CC[C@@H](NC(=O)c1ccc(OC[C@@H]2CCCO2)cc1)C(=O)O. The second-order valence-electron chi connectivity index (χ2n) is 5.24. The molecule has 1 aliphatic heterocycles. The van der Waals surface area contributed by atoms with Crippen LogP contribution in [0.5, 0.6) is 5.75 Å². The molecule has 22 heavy (non-hydrogen) atoms. The average molecular weight is 307 g/mol. The summed E-state index contributed by atoms with van der Waals surface area (Å²) in [6, 6.07) is 5.77. The maximum Gasteiger partial charge on any atom is 0.326 e. The molecule has 1 fully saturated rings. The van der Waals surface area contributed by atoms with Gasteiger partial charge in [0.25, 0.3) is 5.91 Å². The number of ether oxygens (including phenoxy) is 2. The van der Waals surface area contributed by atoms with E-state index in [0.29, 0.717) is 24.3 Å². The molecule has 0 saturated carbocycles. The van der Waals surface area contributed by atoms with Crippen LogP contribution in [-0.4, -0.2) is 42.3 Å². The lowest BCUT2D eigenvalue weighted by molar-refractivity contribution is -0.139. The highest BCUT2D eigenvalue weighted by Crippen LogP contribution is 2.16. The van der Waals surface area contributed by atoms with Crippen LogP contribution in [0.25, 0.3) is 0 Å². The van der Waals surface area contributed by atoms with Crippen LogP contribution < -0.4 is 10.1 Å². The molecule has 0 spiro atoms. The lowest BCUT2D eigenvalue weighted by Gasteiger charge is -2.13. The molecule has 6 nitrogen and oxygen atoms in total. The summed E-state index contributed by atoms with van der Waals surface area (Å²) < 4.78 is 11.1. The molecule has 1 aromatic carbocycles. The Bertz CT molecular complexity index is 508. The van der Waals surface area contributed by atoms with Crippen molar-refractivity contribution in [3.8, 4) is 5.75 Å². The van der Waals surface area contributed by atoms with Crippen LogP contribution in [0.2, 0.25) is 0 Å². The van der Waals surface area contributed by atoms with Crippen LogP contribution in [0.3, 0.4) is 0 Å². The van der Waals surface area contributed by atoms with Gasteiger partial charge in [-0.1, -0.05) is 6.92 Å². The number of carboxylic acids is 1. The van der Waals surface area contributed by atoms with Gasteiger partial charge in [0.05, 0.1) is 6.10 Å². The lowest BCUT2D eigenvalue weighted by Crippen LogP contribution is -2.40. The summed E-state index contributed by atoms with van der Waals surface area (Å²) in [7, 11) is 0. The summed E-state index contributed by atoms with van der Waals surface area (Å²) in [5.74, 6) is -0.774. The first-order valence-corrected chi connectivity index (χ1v) is 7.48. The minimum Gasteiger partial charge on any atom is -0.491 e. The van der Waals surface area contributed by atoms with Crippen LogP contribution in [-0.2, 0) is 9.53 Å². The van der Waals surface area contributed by atoms with Crippen molar-refractivity contribution in [1.82, 2.24) is 5.32 Å². The highest BCUT2D eigenvalue weighted by molar-refractivity contribution is 5.96. The highest BCUT2D eigenvalue weighted by atomic mass is 16.5. The number of nitrogens with one attached hydrogen (secondary N) is 1. The van der Waals surface area contributed by atoms with Crippen molar-refractivity contribution < 1.29 is 24.2 Å². The first kappa shape index (κ1) is 16.3. The predicted molar refractivity (Wildman–Crippen MR) is 80.1 cm³/mol. The summed E-state index contributed by atoms with van der Waals surface area (Å²) in [6.07, 6.45) is 2.55. The van der Waals surface area contributed by atoms with Gasteiger partial charge < -0.3 is 19.9 Å². The lowest BCUT2D eigenvalue weighted by atomic mass is 10.1. The molecule has 0 aromatic heterocycles. The van der Waals surface area contributed by atoms with E-state index in [1.54, 1.807) is 31.2 Å². The highest BCUT2D eigenvalue weighted by Gasteiger charge is 2.19. The van der Waals surface area contributed by atoms with Crippen LogP contribution in [0.4, 0.5) is 0 Å². The van der Waals surface area contributed by atoms with Gasteiger partial charge >= 0.3 is 5.97 Å². The van der Waals surface area contributed by atoms with E-state index in [4.69, 9.17) is 14.6 Å². The van der Waals surface area contributed by atoms with E-state index in [1.165, 1.54) is 0 Å². The van der Waals surface area contributed by atoms with Gasteiger partial charge in [0, 0.05) is 12.2 Å². The fourth-order valence-corrected chi connectivity index (χ4v) is 2.25. The fourth-order valence-electron chi connectivity index (χ4n) is 2.25. The quantitative estimate of drug-likeness (QED) is 0.803. The van der Waals surface area contributed by atoms with Gasteiger partial charge in [0.1, 0.15) is 18.4 Å². The van der Waals surface area contributed by atoms with Crippen LogP contribution in [0, 0.1) is 0 Å². The monoisotopic (exact) mass is 307 g/mol. The molecule has 1 heterocycles. The molecular formula is C16H21NO5. The third-order valence-electron chi connectivity index (χ3n) is 3.59. The van der Waals surface area contributed by atoms with Crippen molar-refractivity contribution in [2.24, 2.45) is 0 Å². The third-order valence-corrected chi connectivity index (χ3v) is 3.59. The molecule has 0 aliphatic carbocycles.